The van der Waals surface area contributed by atoms with Crippen molar-refractivity contribution >= 4 is 0 Å². The fourth-order valence-electron chi connectivity index (χ4n) is 2.55. The Morgan fingerprint density at radius 3 is 2.31 bits per heavy atom. The van der Waals surface area contributed by atoms with Gasteiger partial charge in [-0.15, -0.1) is 0 Å². The molecule has 2 unspecified atom stereocenters. The van der Waals surface area contributed by atoms with Gasteiger partial charge in [0.2, 0.25) is 0 Å². The molecule has 0 spiro atoms. The average Bonchev–Trinajstić information content (AvgIpc) is 2.28. The van der Waals surface area contributed by atoms with Crippen LogP contribution in [0.4, 0.5) is 0 Å². The molecule has 0 amide bonds. The van der Waals surface area contributed by atoms with Gasteiger partial charge in [0, 0.05) is 0 Å². The SMILES string of the molecule is CCCCCC1(C)CCCC1(C)O. The highest BCUT2D eigenvalue weighted by molar-refractivity contribution is 4.97. The first-order valence-electron chi connectivity index (χ1n) is 5.74. The van der Waals surface area contributed by atoms with Crippen LogP contribution in [-0.2, 0) is 0 Å². The number of aliphatic hydroxyl groups is 1. The topological polar surface area (TPSA) is 20.2 Å². The summed E-state index contributed by atoms with van der Waals surface area (Å²) in [6, 6.07) is 0. The van der Waals surface area contributed by atoms with Crippen molar-refractivity contribution in [2.45, 2.75) is 71.3 Å². The zero-order valence-electron chi connectivity index (χ0n) is 9.40. The fourth-order valence-corrected chi connectivity index (χ4v) is 2.55. The predicted molar refractivity (Wildman–Crippen MR) is 56.7 cm³/mol. The van der Waals surface area contributed by atoms with Crippen molar-refractivity contribution in [3.05, 3.63) is 0 Å². The van der Waals surface area contributed by atoms with Gasteiger partial charge in [0.25, 0.3) is 0 Å². The lowest BCUT2D eigenvalue weighted by Gasteiger charge is -2.37. The Hall–Kier alpha value is -0.0400. The van der Waals surface area contributed by atoms with Crippen LogP contribution in [0.3, 0.4) is 0 Å². The third-order valence-electron chi connectivity index (χ3n) is 4.02. The number of hydrogen-bond acceptors (Lipinski definition) is 1. The largest absolute Gasteiger partial charge is 0.390 e. The quantitative estimate of drug-likeness (QED) is 0.663. The summed E-state index contributed by atoms with van der Waals surface area (Å²) in [6.07, 6.45) is 8.48. The van der Waals surface area contributed by atoms with E-state index in [1.165, 1.54) is 38.5 Å². The molecule has 0 radical (unpaired) electrons. The van der Waals surface area contributed by atoms with Gasteiger partial charge >= 0.3 is 0 Å². The lowest BCUT2D eigenvalue weighted by molar-refractivity contribution is -0.0412. The van der Waals surface area contributed by atoms with Gasteiger partial charge in [0.1, 0.15) is 0 Å². The second kappa shape index (κ2) is 4.00. The molecule has 0 aromatic heterocycles. The second-order valence-electron chi connectivity index (χ2n) is 5.15. The van der Waals surface area contributed by atoms with Crippen molar-refractivity contribution in [2.24, 2.45) is 5.41 Å². The van der Waals surface area contributed by atoms with Crippen molar-refractivity contribution in [2.75, 3.05) is 0 Å². The molecule has 1 nitrogen and oxygen atoms in total. The summed E-state index contributed by atoms with van der Waals surface area (Å²) < 4.78 is 0. The molecule has 1 fully saturated rings. The molecule has 0 aromatic carbocycles. The first-order valence-corrected chi connectivity index (χ1v) is 5.74. The molecular weight excluding hydrogens is 160 g/mol. The van der Waals surface area contributed by atoms with Crippen LogP contribution in [0.1, 0.15) is 65.7 Å². The van der Waals surface area contributed by atoms with E-state index in [1.54, 1.807) is 0 Å². The van der Waals surface area contributed by atoms with E-state index >= 15 is 0 Å². The molecular formula is C12H24O. The van der Waals surface area contributed by atoms with Gasteiger partial charge in [-0.3, -0.25) is 0 Å². The first-order chi connectivity index (χ1) is 6.02. The number of rotatable bonds is 4. The summed E-state index contributed by atoms with van der Waals surface area (Å²) >= 11 is 0. The summed E-state index contributed by atoms with van der Waals surface area (Å²) in [7, 11) is 0. The summed E-state index contributed by atoms with van der Waals surface area (Å²) in [6.45, 7) is 6.51. The van der Waals surface area contributed by atoms with Gasteiger partial charge in [-0.25, -0.2) is 0 Å². The lowest BCUT2D eigenvalue weighted by atomic mass is 9.73. The van der Waals surface area contributed by atoms with E-state index in [9.17, 15) is 5.11 Å². The van der Waals surface area contributed by atoms with E-state index in [-0.39, 0.29) is 5.41 Å². The van der Waals surface area contributed by atoms with Crippen LogP contribution < -0.4 is 0 Å². The molecule has 2 atom stereocenters. The van der Waals surface area contributed by atoms with Gasteiger partial charge in [-0.1, -0.05) is 33.1 Å². The Labute approximate surface area is 82.5 Å². The fraction of sp³-hybridized carbons (Fsp3) is 1.00. The molecule has 78 valence electrons. The molecule has 1 saturated carbocycles. The number of unbranched alkanes of at least 4 members (excludes halogenated alkanes) is 2. The summed E-state index contributed by atoms with van der Waals surface area (Å²) in [5.74, 6) is 0. The zero-order chi connectivity index (χ0) is 9.95. The molecule has 1 rings (SSSR count). The van der Waals surface area contributed by atoms with E-state index in [0.29, 0.717) is 0 Å². The third kappa shape index (κ3) is 2.25. The second-order valence-corrected chi connectivity index (χ2v) is 5.15. The van der Waals surface area contributed by atoms with Crippen LogP contribution in [0.5, 0.6) is 0 Å². The summed E-state index contributed by atoms with van der Waals surface area (Å²) in [5.41, 5.74) is -0.205. The van der Waals surface area contributed by atoms with E-state index in [2.05, 4.69) is 13.8 Å². The highest BCUT2D eigenvalue weighted by Crippen LogP contribution is 2.49. The van der Waals surface area contributed by atoms with Crippen LogP contribution in [0.25, 0.3) is 0 Å². The first kappa shape index (κ1) is 11.0. The molecule has 1 aliphatic carbocycles. The van der Waals surface area contributed by atoms with Crippen LogP contribution in [-0.4, -0.2) is 10.7 Å². The average molecular weight is 184 g/mol. The lowest BCUT2D eigenvalue weighted by Crippen LogP contribution is -2.38. The minimum atomic E-state index is -0.402. The molecule has 1 N–H and O–H groups in total. The van der Waals surface area contributed by atoms with Crippen molar-refractivity contribution in [3.8, 4) is 0 Å². The van der Waals surface area contributed by atoms with Crippen molar-refractivity contribution in [1.82, 2.24) is 0 Å². The zero-order valence-corrected chi connectivity index (χ0v) is 9.40. The van der Waals surface area contributed by atoms with Crippen molar-refractivity contribution in [3.63, 3.8) is 0 Å². The molecule has 1 aliphatic rings. The molecule has 0 aliphatic heterocycles. The highest BCUT2D eigenvalue weighted by Gasteiger charge is 2.46. The van der Waals surface area contributed by atoms with Gasteiger partial charge in [-0.05, 0) is 38.0 Å². The predicted octanol–water partition coefficient (Wildman–Crippen LogP) is 3.51. The van der Waals surface area contributed by atoms with Crippen LogP contribution in [0.2, 0.25) is 0 Å². The highest BCUT2D eigenvalue weighted by atomic mass is 16.3. The molecule has 0 heterocycles. The molecule has 13 heavy (non-hydrogen) atoms. The van der Waals surface area contributed by atoms with Gasteiger partial charge in [0.15, 0.2) is 0 Å². The molecule has 0 saturated heterocycles. The van der Waals surface area contributed by atoms with Gasteiger partial charge in [0.05, 0.1) is 5.60 Å². The summed E-state index contributed by atoms with van der Waals surface area (Å²) in [5, 5.41) is 10.2. The Morgan fingerprint density at radius 2 is 1.85 bits per heavy atom. The minimum absolute atomic E-state index is 0.197. The number of hydrogen-bond donors (Lipinski definition) is 1. The van der Waals surface area contributed by atoms with E-state index in [1.807, 2.05) is 6.92 Å². The van der Waals surface area contributed by atoms with E-state index < -0.39 is 5.60 Å². The standard InChI is InChI=1S/C12H24O/c1-4-5-6-8-11(2)9-7-10-12(11,3)13/h13H,4-10H2,1-3H3. The molecule has 1 heteroatoms. The maximum absolute atomic E-state index is 10.2. The van der Waals surface area contributed by atoms with E-state index in [0.717, 1.165) is 6.42 Å². The van der Waals surface area contributed by atoms with Crippen LogP contribution in [0.15, 0.2) is 0 Å². The van der Waals surface area contributed by atoms with Gasteiger partial charge in [-0.2, -0.15) is 0 Å². The molecule has 0 bridgehead atoms. The van der Waals surface area contributed by atoms with Crippen molar-refractivity contribution < 1.29 is 5.11 Å². The Morgan fingerprint density at radius 1 is 1.15 bits per heavy atom. The van der Waals surface area contributed by atoms with Crippen LogP contribution in [0, 0.1) is 5.41 Å². The monoisotopic (exact) mass is 184 g/mol. The molecule has 0 aromatic rings. The Kier molecular flexibility index (Phi) is 3.39. The van der Waals surface area contributed by atoms with Crippen molar-refractivity contribution in [1.29, 1.82) is 0 Å². The maximum Gasteiger partial charge on any atom is 0.0673 e. The Balaban J connectivity index is 2.45. The minimum Gasteiger partial charge on any atom is -0.390 e. The van der Waals surface area contributed by atoms with Crippen LogP contribution >= 0.6 is 0 Å². The van der Waals surface area contributed by atoms with E-state index in [4.69, 9.17) is 0 Å². The smallest absolute Gasteiger partial charge is 0.0673 e. The maximum atomic E-state index is 10.2. The Bertz CT molecular complexity index is 163. The normalized spacial score (nSPS) is 39.7. The summed E-state index contributed by atoms with van der Waals surface area (Å²) in [4.78, 5) is 0. The third-order valence-corrected chi connectivity index (χ3v) is 4.02. The van der Waals surface area contributed by atoms with Gasteiger partial charge < -0.3 is 5.11 Å².